The highest BCUT2D eigenvalue weighted by molar-refractivity contribution is 5.73. The normalized spacial score (nSPS) is 10.9. The van der Waals surface area contributed by atoms with Crippen LogP contribution in [0.4, 0.5) is 5.69 Å². The van der Waals surface area contributed by atoms with Gasteiger partial charge in [0.1, 0.15) is 11.4 Å². The van der Waals surface area contributed by atoms with E-state index < -0.39 is 0 Å². The first kappa shape index (κ1) is 19.0. The van der Waals surface area contributed by atoms with Gasteiger partial charge in [0.25, 0.3) is 5.56 Å². The fourth-order valence-corrected chi connectivity index (χ4v) is 2.50. The van der Waals surface area contributed by atoms with Crippen LogP contribution in [0.15, 0.2) is 35.1 Å². The molecule has 0 fully saturated rings. The van der Waals surface area contributed by atoms with Gasteiger partial charge in [0.05, 0.1) is 12.3 Å². The van der Waals surface area contributed by atoms with Crippen LogP contribution in [0.3, 0.4) is 0 Å². The molecule has 0 saturated heterocycles. The Morgan fingerprint density at radius 1 is 1.20 bits per heavy atom. The molecule has 0 aliphatic heterocycles. The molecule has 0 spiro atoms. The Hall–Kier alpha value is -2.30. The van der Waals surface area contributed by atoms with Gasteiger partial charge in [0, 0.05) is 18.2 Å². The van der Waals surface area contributed by atoms with E-state index in [0.717, 1.165) is 48.7 Å². The van der Waals surface area contributed by atoms with E-state index in [1.165, 1.54) is 12.8 Å². The minimum Gasteiger partial charge on any atom is -0.494 e. The highest BCUT2D eigenvalue weighted by atomic mass is 16.5. The smallest absolute Gasteiger partial charge is 0.266 e. The molecule has 5 heteroatoms. The quantitative estimate of drug-likeness (QED) is 0.625. The number of nitrogens with one attached hydrogen (secondary N) is 2. The van der Waals surface area contributed by atoms with Gasteiger partial charge in [0.15, 0.2) is 0 Å². The number of rotatable bonds is 10. The van der Waals surface area contributed by atoms with Crippen molar-refractivity contribution in [1.82, 2.24) is 10.2 Å². The number of hydrogen-bond donors (Lipinski definition) is 2. The van der Waals surface area contributed by atoms with E-state index in [0.29, 0.717) is 5.92 Å². The summed E-state index contributed by atoms with van der Waals surface area (Å²) in [6.07, 6.45) is 4.48. The summed E-state index contributed by atoms with van der Waals surface area (Å²) in [5, 5.41) is 10.1. The van der Waals surface area contributed by atoms with Crippen molar-refractivity contribution < 1.29 is 4.74 Å². The maximum atomic E-state index is 11.6. The number of aromatic amines is 1. The van der Waals surface area contributed by atoms with Gasteiger partial charge >= 0.3 is 0 Å². The first-order valence-corrected chi connectivity index (χ1v) is 9.17. The van der Waals surface area contributed by atoms with Gasteiger partial charge in [-0.05, 0) is 43.0 Å². The minimum atomic E-state index is -0.202. The Morgan fingerprint density at radius 2 is 1.96 bits per heavy atom. The summed E-state index contributed by atoms with van der Waals surface area (Å²) in [6.45, 7) is 8.09. The van der Waals surface area contributed by atoms with Crippen molar-refractivity contribution in [2.45, 2.75) is 46.5 Å². The lowest BCUT2D eigenvalue weighted by Gasteiger charge is -2.12. The summed E-state index contributed by atoms with van der Waals surface area (Å²) in [5.74, 6) is 1.47. The minimum absolute atomic E-state index is 0.202. The van der Waals surface area contributed by atoms with Crippen LogP contribution < -0.4 is 15.6 Å². The number of ether oxygens (including phenoxy) is 1. The van der Waals surface area contributed by atoms with E-state index >= 15 is 0 Å². The van der Waals surface area contributed by atoms with Crippen LogP contribution in [-0.4, -0.2) is 23.3 Å². The highest BCUT2D eigenvalue weighted by Gasteiger charge is 2.09. The summed E-state index contributed by atoms with van der Waals surface area (Å²) >= 11 is 0. The Kier molecular flexibility index (Phi) is 7.51. The summed E-state index contributed by atoms with van der Waals surface area (Å²) < 4.78 is 5.75. The molecule has 0 amide bonds. The van der Waals surface area contributed by atoms with Gasteiger partial charge in [0.2, 0.25) is 0 Å². The summed E-state index contributed by atoms with van der Waals surface area (Å²) in [6, 6.07) is 9.42. The molecule has 0 bridgehead atoms. The lowest BCUT2D eigenvalue weighted by Crippen LogP contribution is -2.13. The van der Waals surface area contributed by atoms with Crippen molar-refractivity contribution in [1.29, 1.82) is 0 Å². The molecule has 1 heterocycles. The van der Waals surface area contributed by atoms with Crippen LogP contribution in [0.25, 0.3) is 11.3 Å². The van der Waals surface area contributed by atoms with Crippen molar-refractivity contribution >= 4 is 5.69 Å². The van der Waals surface area contributed by atoms with E-state index in [1.54, 1.807) is 6.07 Å². The molecule has 0 unspecified atom stereocenters. The lowest BCUT2D eigenvalue weighted by molar-refractivity contribution is 0.306. The lowest BCUT2D eigenvalue weighted by atomic mass is 10.1. The molecule has 2 aromatic rings. The van der Waals surface area contributed by atoms with E-state index in [-0.39, 0.29) is 5.56 Å². The van der Waals surface area contributed by atoms with Gasteiger partial charge in [-0.1, -0.05) is 33.6 Å². The molecule has 2 rings (SSSR count). The third-order valence-electron chi connectivity index (χ3n) is 3.99. The first-order valence-electron chi connectivity index (χ1n) is 9.17. The summed E-state index contributed by atoms with van der Waals surface area (Å²) in [7, 11) is 0. The molecular weight excluding hydrogens is 314 g/mol. The third kappa shape index (κ3) is 6.25. The maximum Gasteiger partial charge on any atom is 0.266 e. The number of H-pyrrole nitrogens is 1. The van der Waals surface area contributed by atoms with Gasteiger partial charge in [-0.3, -0.25) is 4.79 Å². The van der Waals surface area contributed by atoms with E-state index in [2.05, 4.69) is 36.3 Å². The van der Waals surface area contributed by atoms with Crippen LogP contribution in [0, 0.1) is 5.92 Å². The second-order valence-electron chi connectivity index (χ2n) is 6.68. The number of aromatic nitrogens is 2. The molecule has 136 valence electrons. The Morgan fingerprint density at radius 3 is 2.64 bits per heavy atom. The Balaban J connectivity index is 2.08. The van der Waals surface area contributed by atoms with E-state index in [4.69, 9.17) is 4.74 Å². The van der Waals surface area contributed by atoms with E-state index in [1.807, 2.05) is 24.3 Å². The van der Waals surface area contributed by atoms with Gasteiger partial charge < -0.3 is 10.1 Å². The zero-order valence-corrected chi connectivity index (χ0v) is 15.5. The second-order valence-corrected chi connectivity index (χ2v) is 6.68. The van der Waals surface area contributed by atoms with Crippen LogP contribution in [0.1, 0.15) is 46.5 Å². The number of benzene rings is 1. The van der Waals surface area contributed by atoms with Crippen LogP contribution >= 0.6 is 0 Å². The van der Waals surface area contributed by atoms with Crippen molar-refractivity contribution in [2.24, 2.45) is 5.92 Å². The molecule has 1 aromatic carbocycles. The molecule has 5 nitrogen and oxygen atoms in total. The average Bonchev–Trinajstić information content (AvgIpc) is 2.59. The largest absolute Gasteiger partial charge is 0.494 e. The van der Waals surface area contributed by atoms with Crippen molar-refractivity contribution in [3.05, 3.63) is 40.7 Å². The van der Waals surface area contributed by atoms with Crippen molar-refractivity contribution in [2.75, 3.05) is 18.5 Å². The predicted molar refractivity (Wildman–Crippen MR) is 103 cm³/mol. The third-order valence-corrected chi connectivity index (χ3v) is 3.99. The molecule has 1 aromatic heterocycles. The Bertz CT molecular complexity index is 693. The summed E-state index contributed by atoms with van der Waals surface area (Å²) in [5.41, 5.74) is 2.26. The van der Waals surface area contributed by atoms with Crippen molar-refractivity contribution in [3.63, 3.8) is 0 Å². The molecule has 0 saturated carbocycles. The second kappa shape index (κ2) is 9.87. The van der Waals surface area contributed by atoms with Crippen LogP contribution in [0.5, 0.6) is 5.75 Å². The molecular formula is C20H29N3O2. The summed E-state index contributed by atoms with van der Waals surface area (Å²) in [4.78, 5) is 11.6. The highest BCUT2D eigenvalue weighted by Crippen LogP contribution is 2.26. The van der Waals surface area contributed by atoms with Gasteiger partial charge in [-0.2, -0.15) is 5.10 Å². The van der Waals surface area contributed by atoms with E-state index in [9.17, 15) is 4.79 Å². The van der Waals surface area contributed by atoms with Crippen LogP contribution in [-0.2, 0) is 0 Å². The van der Waals surface area contributed by atoms with Gasteiger partial charge in [-0.15, -0.1) is 0 Å². The number of anilines is 1. The predicted octanol–water partition coefficient (Wildman–Crippen LogP) is 4.46. The number of unbranched alkanes of at least 4 members (excludes halogenated alkanes) is 2. The SMILES string of the molecule is CCCCCOc1ccc(-c2n[nH]c(=O)cc2NCCC(C)C)cc1. The number of hydrogen-bond acceptors (Lipinski definition) is 4. The molecule has 2 N–H and O–H groups in total. The molecule has 0 aliphatic rings. The van der Waals surface area contributed by atoms with Gasteiger partial charge in [-0.25, -0.2) is 5.10 Å². The zero-order chi connectivity index (χ0) is 18.1. The number of nitrogens with zero attached hydrogens (tertiary/aromatic N) is 1. The van der Waals surface area contributed by atoms with Crippen molar-refractivity contribution in [3.8, 4) is 17.0 Å². The molecule has 0 aliphatic carbocycles. The molecule has 25 heavy (non-hydrogen) atoms. The zero-order valence-electron chi connectivity index (χ0n) is 15.5. The molecule has 0 radical (unpaired) electrons. The topological polar surface area (TPSA) is 67.0 Å². The monoisotopic (exact) mass is 343 g/mol. The average molecular weight is 343 g/mol. The maximum absolute atomic E-state index is 11.6. The standard InChI is InChI=1S/C20H29N3O2/c1-4-5-6-13-25-17-9-7-16(8-10-17)20-18(14-19(24)22-23-20)21-12-11-15(2)3/h7-10,14-15H,4-6,11-13H2,1-3H3,(H2,21,22,24). The fourth-order valence-electron chi connectivity index (χ4n) is 2.50. The first-order chi connectivity index (χ1) is 12.1. The molecule has 0 atom stereocenters. The Labute approximate surface area is 149 Å². The van der Waals surface area contributed by atoms with Crippen LogP contribution in [0.2, 0.25) is 0 Å². The fraction of sp³-hybridized carbons (Fsp3) is 0.500.